The van der Waals surface area contributed by atoms with Gasteiger partial charge in [0.25, 0.3) is 0 Å². The van der Waals surface area contributed by atoms with E-state index in [9.17, 15) is 4.79 Å². The van der Waals surface area contributed by atoms with Crippen molar-refractivity contribution in [3.63, 3.8) is 0 Å². The maximum Gasteiger partial charge on any atom is 0.239 e. The molecule has 3 nitrogen and oxygen atoms in total. The van der Waals surface area contributed by atoms with Gasteiger partial charge in [0.15, 0.2) is 0 Å². The molecule has 1 atom stereocenters. The van der Waals surface area contributed by atoms with E-state index >= 15 is 0 Å². The van der Waals surface area contributed by atoms with E-state index in [1.807, 2.05) is 37.3 Å². The smallest absolute Gasteiger partial charge is 0.239 e. The van der Waals surface area contributed by atoms with E-state index in [1.54, 1.807) is 0 Å². The third-order valence-corrected chi connectivity index (χ3v) is 3.72. The Hall–Kier alpha value is -1.51. The number of nitrogens with two attached hydrogens (primary N) is 1. The van der Waals surface area contributed by atoms with Crippen molar-refractivity contribution in [1.29, 1.82) is 0 Å². The lowest BCUT2D eigenvalue weighted by Gasteiger charge is -2.29. The minimum absolute atomic E-state index is 0.256. The maximum absolute atomic E-state index is 11.5. The fourth-order valence-corrected chi connectivity index (χ4v) is 2.38. The Morgan fingerprint density at radius 1 is 1.10 bits per heavy atom. The van der Waals surface area contributed by atoms with Crippen molar-refractivity contribution in [2.45, 2.75) is 58.4 Å². The lowest BCUT2D eigenvalue weighted by molar-refractivity contribution is -0.118. The van der Waals surface area contributed by atoms with Gasteiger partial charge in [0.05, 0.1) is 0 Å². The molecular formula is C17H28N2O. The highest BCUT2D eigenvalue weighted by atomic mass is 16.1. The standard InChI is InChI=1S/C17H28N2O/c1-3-4-5-6-7-11-14-19(15(2)17(18)20)16-12-9-8-10-13-16/h8-10,12-13,15H,3-7,11,14H2,1-2H3,(H2,18,20)/t15-/m0/s1. The molecule has 1 rings (SSSR count). The predicted molar refractivity (Wildman–Crippen MR) is 85.8 cm³/mol. The number of primary amides is 1. The van der Waals surface area contributed by atoms with E-state index in [0.717, 1.165) is 18.7 Å². The molecule has 0 radical (unpaired) electrons. The molecule has 0 saturated carbocycles. The van der Waals surface area contributed by atoms with Crippen molar-refractivity contribution in [2.75, 3.05) is 11.4 Å². The Morgan fingerprint density at radius 3 is 2.30 bits per heavy atom. The summed E-state index contributed by atoms with van der Waals surface area (Å²) >= 11 is 0. The zero-order valence-corrected chi connectivity index (χ0v) is 12.8. The van der Waals surface area contributed by atoms with E-state index in [2.05, 4.69) is 11.8 Å². The molecule has 0 fully saturated rings. The number of rotatable bonds is 10. The third kappa shape index (κ3) is 5.64. The largest absolute Gasteiger partial charge is 0.368 e. The number of anilines is 1. The first kappa shape index (κ1) is 16.5. The Labute approximate surface area is 123 Å². The number of nitrogens with zero attached hydrogens (tertiary/aromatic N) is 1. The van der Waals surface area contributed by atoms with Crippen molar-refractivity contribution in [2.24, 2.45) is 5.73 Å². The quantitative estimate of drug-likeness (QED) is 0.662. The summed E-state index contributed by atoms with van der Waals surface area (Å²) in [5, 5.41) is 0. The van der Waals surface area contributed by atoms with Crippen LogP contribution in [0.2, 0.25) is 0 Å². The molecule has 3 heteroatoms. The van der Waals surface area contributed by atoms with Crippen LogP contribution in [0.3, 0.4) is 0 Å². The monoisotopic (exact) mass is 276 g/mol. The summed E-state index contributed by atoms with van der Waals surface area (Å²) in [6.07, 6.45) is 7.51. The van der Waals surface area contributed by atoms with E-state index < -0.39 is 0 Å². The summed E-state index contributed by atoms with van der Waals surface area (Å²) in [6.45, 7) is 5.00. The molecule has 0 aliphatic rings. The maximum atomic E-state index is 11.5. The number of unbranched alkanes of at least 4 members (excludes halogenated alkanes) is 5. The summed E-state index contributed by atoms with van der Waals surface area (Å²) in [4.78, 5) is 13.6. The molecule has 1 amide bonds. The number of para-hydroxylation sites is 1. The summed E-state index contributed by atoms with van der Waals surface area (Å²) in [7, 11) is 0. The Morgan fingerprint density at radius 2 is 1.70 bits per heavy atom. The molecule has 0 heterocycles. The summed E-state index contributed by atoms with van der Waals surface area (Å²) in [5.41, 5.74) is 6.54. The van der Waals surface area contributed by atoms with Gasteiger partial charge in [0.1, 0.15) is 6.04 Å². The second kappa shape index (κ2) is 9.40. The predicted octanol–water partition coefficient (Wildman–Crippen LogP) is 3.73. The van der Waals surface area contributed by atoms with Crippen LogP contribution >= 0.6 is 0 Å². The molecule has 2 N–H and O–H groups in total. The van der Waals surface area contributed by atoms with Crippen LogP contribution in [0.15, 0.2) is 30.3 Å². The van der Waals surface area contributed by atoms with Crippen LogP contribution in [0, 0.1) is 0 Å². The molecule has 112 valence electrons. The number of hydrogen-bond acceptors (Lipinski definition) is 2. The van der Waals surface area contributed by atoms with Gasteiger partial charge in [0.2, 0.25) is 5.91 Å². The summed E-state index contributed by atoms with van der Waals surface area (Å²) < 4.78 is 0. The van der Waals surface area contributed by atoms with Crippen molar-refractivity contribution in [3.05, 3.63) is 30.3 Å². The zero-order valence-electron chi connectivity index (χ0n) is 12.8. The summed E-state index contributed by atoms with van der Waals surface area (Å²) in [5.74, 6) is -0.264. The molecule has 0 spiro atoms. The van der Waals surface area contributed by atoms with Gasteiger partial charge in [-0.05, 0) is 25.5 Å². The van der Waals surface area contributed by atoms with Gasteiger partial charge in [-0.25, -0.2) is 0 Å². The van der Waals surface area contributed by atoms with Gasteiger partial charge in [-0.1, -0.05) is 57.2 Å². The molecule has 0 unspecified atom stereocenters. The molecule has 20 heavy (non-hydrogen) atoms. The van der Waals surface area contributed by atoms with Gasteiger partial charge in [-0.15, -0.1) is 0 Å². The van der Waals surface area contributed by atoms with Crippen molar-refractivity contribution in [1.82, 2.24) is 0 Å². The Kier molecular flexibility index (Phi) is 7.78. The molecule has 0 bridgehead atoms. The lowest BCUT2D eigenvalue weighted by Crippen LogP contribution is -2.43. The number of carbonyl (C=O) groups excluding carboxylic acids is 1. The van der Waals surface area contributed by atoms with Crippen LogP contribution < -0.4 is 10.6 Å². The normalized spacial score (nSPS) is 12.1. The second-order valence-electron chi connectivity index (χ2n) is 5.38. The molecule has 0 saturated heterocycles. The van der Waals surface area contributed by atoms with Crippen molar-refractivity contribution in [3.8, 4) is 0 Å². The van der Waals surface area contributed by atoms with Crippen LogP contribution in [0.4, 0.5) is 5.69 Å². The average Bonchev–Trinajstić information content (AvgIpc) is 2.47. The SMILES string of the molecule is CCCCCCCCN(c1ccccc1)[C@@H](C)C(N)=O. The van der Waals surface area contributed by atoms with Gasteiger partial charge in [0, 0.05) is 12.2 Å². The van der Waals surface area contributed by atoms with Gasteiger partial charge >= 0.3 is 0 Å². The molecule has 0 aliphatic carbocycles. The molecule has 0 aromatic heterocycles. The van der Waals surface area contributed by atoms with E-state index in [1.165, 1.54) is 32.1 Å². The number of benzene rings is 1. The highest BCUT2D eigenvalue weighted by molar-refractivity contribution is 5.83. The average molecular weight is 276 g/mol. The molecule has 1 aromatic carbocycles. The Bertz CT molecular complexity index is 378. The second-order valence-corrected chi connectivity index (χ2v) is 5.38. The zero-order chi connectivity index (χ0) is 14.8. The third-order valence-electron chi connectivity index (χ3n) is 3.72. The van der Waals surface area contributed by atoms with Gasteiger partial charge in [-0.2, -0.15) is 0 Å². The first-order valence-corrected chi connectivity index (χ1v) is 7.77. The topological polar surface area (TPSA) is 46.3 Å². The molecule has 0 aliphatic heterocycles. The van der Waals surface area contributed by atoms with Crippen LogP contribution in [-0.4, -0.2) is 18.5 Å². The van der Waals surface area contributed by atoms with Gasteiger partial charge < -0.3 is 10.6 Å². The summed E-state index contributed by atoms with van der Waals surface area (Å²) in [6, 6.07) is 9.80. The highest BCUT2D eigenvalue weighted by Gasteiger charge is 2.18. The molecule has 1 aromatic rings. The van der Waals surface area contributed by atoms with Gasteiger partial charge in [-0.3, -0.25) is 4.79 Å². The minimum Gasteiger partial charge on any atom is -0.368 e. The van der Waals surface area contributed by atoms with Crippen molar-refractivity contribution < 1.29 is 4.79 Å². The first-order valence-electron chi connectivity index (χ1n) is 7.77. The van der Waals surface area contributed by atoms with Crippen molar-refractivity contribution >= 4 is 11.6 Å². The first-order chi connectivity index (χ1) is 9.66. The van der Waals surface area contributed by atoms with E-state index in [0.29, 0.717) is 0 Å². The number of carbonyl (C=O) groups is 1. The fraction of sp³-hybridized carbons (Fsp3) is 0.588. The van der Waals surface area contributed by atoms with E-state index in [4.69, 9.17) is 5.73 Å². The highest BCUT2D eigenvalue weighted by Crippen LogP contribution is 2.18. The minimum atomic E-state index is -0.264. The Balaban J connectivity index is 2.50. The van der Waals surface area contributed by atoms with Crippen LogP contribution in [-0.2, 0) is 4.79 Å². The van der Waals surface area contributed by atoms with Crippen LogP contribution in [0.5, 0.6) is 0 Å². The van der Waals surface area contributed by atoms with E-state index in [-0.39, 0.29) is 11.9 Å². The van der Waals surface area contributed by atoms with Crippen LogP contribution in [0.1, 0.15) is 52.4 Å². The number of amides is 1. The number of hydrogen-bond donors (Lipinski definition) is 1. The van der Waals surface area contributed by atoms with Crippen LogP contribution in [0.25, 0.3) is 0 Å². The fourth-order valence-electron chi connectivity index (χ4n) is 2.38. The lowest BCUT2D eigenvalue weighted by atomic mass is 10.1. The molecular weight excluding hydrogens is 248 g/mol.